The van der Waals surface area contributed by atoms with Gasteiger partial charge in [-0.1, -0.05) is 6.07 Å². The Morgan fingerprint density at radius 2 is 2.08 bits per heavy atom. The molecule has 6 nitrogen and oxygen atoms in total. The van der Waals surface area contributed by atoms with Crippen molar-refractivity contribution in [3.63, 3.8) is 0 Å². The highest BCUT2D eigenvalue weighted by atomic mass is 79.9. The van der Waals surface area contributed by atoms with Gasteiger partial charge in [0.15, 0.2) is 10.4 Å². The Kier molecular flexibility index (Phi) is 5.32. The Morgan fingerprint density at radius 3 is 2.79 bits per heavy atom. The van der Waals surface area contributed by atoms with Crippen LogP contribution in [0.3, 0.4) is 0 Å². The average Bonchev–Trinajstić information content (AvgIpc) is 3.24. The standard InChI is InChI=1S/C17H17BrN2O4/c18-15-7-6-14(24-15)17(22)20-12-4-1-3-11(9-12)16(21)19-10-13-5-2-8-23-13/h1,3-4,6-7,9,13H,2,5,8,10H2,(H,19,21)(H,20,22). The first-order valence-corrected chi connectivity index (χ1v) is 8.47. The molecule has 0 bridgehead atoms. The van der Waals surface area contributed by atoms with Gasteiger partial charge in [0.05, 0.1) is 6.10 Å². The number of furan rings is 1. The molecule has 3 rings (SSSR count). The summed E-state index contributed by atoms with van der Waals surface area (Å²) in [6.07, 6.45) is 2.09. The van der Waals surface area contributed by atoms with Crippen LogP contribution in [0, 0.1) is 0 Å². The van der Waals surface area contributed by atoms with Gasteiger partial charge < -0.3 is 19.8 Å². The smallest absolute Gasteiger partial charge is 0.291 e. The van der Waals surface area contributed by atoms with E-state index in [1.54, 1.807) is 36.4 Å². The number of benzene rings is 1. The Labute approximate surface area is 147 Å². The third-order valence-corrected chi connectivity index (χ3v) is 4.12. The number of halogens is 1. The molecule has 1 aromatic carbocycles. The minimum Gasteiger partial charge on any atom is -0.444 e. The quantitative estimate of drug-likeness (QED) is 0.818. The van der Waals surface area contributed by atoms with Crippen molar-refractivity contribution in [1.29, 1.82) is 0 Å². The Hall–Kier alpha value is -2.12. The van der Waals surface area contributed by atoms with Gasteiger partial charge in [0.1, 0.15) is 0 Å². The van der Waals surface area contributed by atoms with Crippen LogP contribution in [0.5, 0.6) is 0 Å². The van der Waals surface area contributed by atoms with Crippen LogP contribution in [0.4, 0.5) is 5.69 Å². The number of amides is 2. The van der Waals surface area contributed by atoms with Gasteiger partial charge in [-0.15, -0.1) is 0 Å². The molecule has 1 atom stereocenters. The normalized spacial score (nSPS) is 16.8. The number of carbonyl (C=O) groups excluding carboxylic acids is 2. The van der Waals surface area contributed by atoms with Crippen LogP contribution in [-0.4, -0.2) is 31.1 Å². The topological polar surface area (TPSA) is 80.6 Å². The van der Waals surface area contributed by atoms with Crippen LogP contribution in [0.25, 0.3) is 0 Å². The van der Waals surface area contributed by atoms with Crippen molar-refractivity contribution in [2.24, 2.45) is 0 Å². The number of nitrogens with one attached hydrogen (secondary N) is 2. The molecule has 1 fully saturated rings. The van der Waals surface area contributed by atoms with Crippen molar-refractivity contribution < 1.29 is 18.7 Å². The number of hydrogen-bond donors (Lipinski definition) is 2. The molecule has 2 amide bonds. The summed E-state index contributed by atoms with van der Waals surface area (Å²) in [4.78, 5) is 24.3. The second-order valence-electron chi connectivity index (χ2n) is 5.48. The lowest BCUT2D eigenvalue weighted by Gasteiger charge is -2.11. The maximum Gasteiger partial charge on any atom is 0.291 e. The Balaban J connectivity index is 1.60. The summed E-state index contributed by atoms with van der Waals surface area (Å²) >= 11 is 3.15. The van der Waals surface area contributed by atoms with E-state index < -0.39 is 0 Å². The Morgan fingerprint density at radius 1 is 1.21 bits per heavy atom. The van der Waals surface area contributed by atoms with Crippen molar-refractivity contribution in [3.8, 4) is 0 Å². The van der Waals surface area contributed by atoms with Crippen LogP contribution in [0.15, 0.2) is 45.5 Å². The van der Waals surface area contributed by atoms with Crippen LogP contribution in [0.2, 0.25) is 0 Å². The van der Waals surface area contributed by atoms with Crippen LogP contribution >= 0.6 is 15.9 Å². The van der Waals surface area contributed by atoms with Crippen LogP contribution in [-0.2, 0) is 4.74 Å². The SMILES string of the molecule is O=C(NCC1CCCO1)c1cccc(NC(=O)c2ccc(Br)o2)c1. The van der Waals surface area contributed by atoms with Crippen LogP contribution < -0.4 is 10.6 Å². The van der Waals surface area contributed by atoms with E-state index in [0.29, 0.717) is 22.5 Å². The molecule has 2 heterocycles. The van der Waals surface area contributed by atoms with Gasteiger partial charge in [0.2, 0.25) is 0 Å². The van der Waals surface area contributed by atoms with E-state index in [2.05, 4.69) is 26.6 Å². The molecule has 7 heteroatoms. The molecule has 0 saturated carbocycles. The minimum absolute atomic E-state index is 0.0919. The second kappa shape index (κ2) is 7.63. The van der Waals surface area contributed by atoms with E-state index >= 15 is 0 Å². The molecule has 2 aromatic rings. The van der Waals surface area contributed by atoms with E-state index in [4.69, 9.17) is 9.15 Å². The van der Waals surface area contributed by atoms with Crippen molar-refractivity contribution >= 4 is 33.4 Å². The molecule has 1 saturated heterocycles. The maximum atomic E-state index is 12.2. The first kappa shape index (κ1) is 16.7. The van der Waals surface area contributed by atoms with Gasteiger partial charge in [0, 0.05) is 24.4 Å². The molecule has 0 radical (unpaired) electrons. The lowest BCUT2D eigenvalue weighted by Crippen LogP contribution is -2.31. The van der Waals surface area contributed by atoms with Crippen molar-refractivity contribution in [3.05, 3.63) is 52.4 Å². The second-order valence-corrected chi connectivity index (χ2v) is 6.27. The minimum atomic E-state index is -0.377. The van der Waals surface area contributed by atoms with E-state index in [1.165, 1.54) is 0 Å². The number of hydrogen-bond acceptors (Lipinski definition) is 4. The van der Waals surface area contributed by atoms with Gasteiger partial charge in [-0.25, -0.2) is 0 Å². The fourth-order valence-electron chi connectivity index (χ4n) is 2.48. The summed E-state index contributed by atoms with van der Waals surface area (Å²) in [6.45, 7) is 1.25. The molecule has 126 valence electrons. The average molecular weight is 393 g/mol. The summed E-state index contributed by atoms with van der Waals surface area (Å²) in [5.41, 5.74) is 1.00. The van der Waals surface area contributed by atoms with Crippen molar-refractivity contribution in [2.45, 2.75) is 18.9 Å². The molecule has 1 unspecified atom stereocenters. The number of anilines is 1. The summed E-state index contributed by atoms with van der Waals surface area (Å²) in [5, 5.41) is 5.56. The van der Waals surface area contributed by atoms with E-state index in [9.17, 15) is 9.59 Å². The highest BCUT2D eigenvalue weighted by Crippen LogP contribution is 2.17. The predicted octanol–water partition coefficient (Wildman–Crippen LogP) is 3.20. The molecule has 24 heavy (non-hydrogen) atoms. The van der Waals surface area contributed by atoms with E-state index in [1.807, 2.05) is 0 Å². The Bertz CT molecular complexity index is 738. The van der Waals surface area contributed by atoms with E-state index in [-0.39, 0.29) is 23.7 Å². The highest BCUT2D eigenvalue weighted by Gasteiger charge is 2.17. The van der Waals surface area contributed by atoms with Gasteiger partial charge in [-0.3, -0.25) is 9.59 Å². The van der Waals surface area contributed by atoms with Crippen molar-refractivity contribution in [2.75, 3.05) is 18.5 Å². The number of carbonyl (C=O) groups is 2. The molecule has 0 spiro atoms. The fraction of sp³-hybridized carbons (Fsp3) is 0.294. The number of rotatable bonds is 5. The van der Waals surface area contributed by atoms with Gasteiger partial charge >= 0.3 is 0 Å². The zero-order chi connectivity index (χ0) is 16.9. The summed E-state index contributed by atoms with van der Waals surface area (Å²) in [5.74, 6) is -0.380. The third kappa shape index (κ3) is 4.24. The zero-order valence-corrected chi connectivity index (χ0v) is 14.5. The predicted molar refractivity (Wildman–Crippen MR) is 92.1 cm³/mol. The highest BCUT2D eigenvalue weighted by molar-refractivity contribution is 9.10. The molecular weight excluding hydrogens is 376 g/mol. The third-order valence-electron chi connectivity index (χ3n) is 3.69. The first-order valence-electron chi connectivity index (χ1n) is 7.68. The molecule has 1 aliphatic heterocycles. The number of ether oxygens (including phenoxy) is 1. The van der Waals surface area contributed by atoms with Crippen molar-refractivity contribution in [1.82, 2.24) is 5.32 Å². The van der Waals surface area contributed by atoms with Gasteiger partial charge in [-0.2, -0.15) is 0 Å². The maximum absolute atomic E-state index is 12.2. The largest absolute Gasteiger partial charge is 0.444 e. The molecule has 2 N–H and O–H groups in total. The molecule has 1 aromatic heterocycles. The fourth-order valence-corrected chi connectivity index (χ4v) is 2.79. The van der Waals surface area contributed by atoms with Gasteiger partial charge in [-0.05, 0) is 59.1 Å². The lowest BCUT2D eigenvalue weighted by atomic mass is 10.1. The molecular formula is C17H17BrN2O4. The summed E-state index contributed by atoms with van der Waals surface area (Å²) in [7, 11) is 0. The monoisotopic (exact) mass is 392 g/mol. The molecule has 0 aliphatic carbocycles. The zero-order valence-electron chi connectivity index (χ0n) is 12.9. The lowest BCUT2D eigenvalue weighted by molar-refractivity contribution is 0.0857. The molecule has 1 aliphatic rings. The summed E-state index contributed by atoms with van der Waals surface area (Å²) in [6, 6.07) is 9.97. The van der Waals surface area contributed by atoms with Crippen LogP contribution in [0.1, 0.15) is 33.8 Å². The van der Waals surface area contributed by atoms with E-state index in [0.717, 1.165) is 19.4 Å². The van der Waals surface area contributed by atoms with Gasteiger partial charge in [0.25, 0.3) is 11.8 Å². The summed E-state index contributed by atoms with van der Waals surface area (Å²) < 4.78 is 11.2. The first-order chi connectivity index (χ1) is 11.6.